The summed E-state index contributed by atoms with van der Waals surface area (Å²) in [6.07, 6.45) is 1.58. The molecule has 3 heteroatoms. The first-order valence-corrected chi connectivity index (χ1v) is 5.22. The van der Waals surface area contributed by atoms with E-state index >= 15 is 0 Å². The Bertz CT molecular complexity index is 709. The number of pyridine rings is 1. The molecule has 3 aromatic rings. The molecule has 1 aromatic carbocycles. The monoisotopic (exact) mass is 220 g/mol. The number of nitrogens with zero attached hydrogens (tertiary/aromatic N) is 2. The zero-order chi connectivity index (χ0) is 11.7. The number of hydrogen-bond donors (Lipinski definition) is 0. The van der Waals surface area contributed by atoms with E-state index in [0.29, 0.717) is 17.0 Å². The SMILES string of the molecule is N#Cc1cc2ccccc2nc1-c1ccco1. The third kappa shape index (κ3) is 1.56. The molecule has 0 unspecified atom stereocenters. The number of nitriles is 1. The van der Waals surface area contributed by atoms with Gasteiger partial charge in [-0.1, -0.05) is 18.2 Å². The lowest BCUT2D eigenvalue weighted by Gasteiger charge is -2.02. The first-order valence-electron chi connectivity index (χ1n) is 5.22. The standard InChI is InChI=1S/C14H8N2O/c15-9-11-8-10-4-1-2-5-12(10)16-14(11)13-6-3-7-17-13/h1-8H. The van der Waals surface area contributed by atoms with Gasteiger partial charge in [0.05, 0.1) is 17.3 Å². The van der Waals surface area contributed by atoms with Gasteiger partial charge in [0.25, 0.3) is 0 Å². The van der Waals surface area contributed by atoms with Gasteiger partial charge in [-0.05, 0) is 24.3 Å². The maximum atomic E-state index is 9.15. The largest absolute Gasteiger partial charge is 0.463 e. The molecule has 0 spiro atoms. The topological polar surface area (TPSA) is 49.8 Å². The number of hydrogen-bond acceptors (Lipinski definition) is 3. The fourth-order valence-corrected chi connectivity index (χ4v) is 1.80. The van der Waals surface area contributed by atoms with Crippen LogP contribution in [0.2, 0.25) is 0 Å². The Morgan fingerprint density at radius 1 is 1.12 bits per heavy atom. The van der Waals surface area contributed by atoms with E-state index in [1.807, 2.05) is 30.3 Å². The van der Waals surface area contributed by atoms with Gasteiger partial charge < -0.3 is 4.42 Å². The molecule has 17 heavy (non-hydrogen) atoms. The first kappa shape index (κ1) is 9.61. The Hall–Kier alpha value is -2.60. The minimum absolute atomic E-state index is 0.527. The minimum atomic E-state index is 0.527. The summed E-state index contributed by atoms with van der Waals surface area (Å²) in [5, 5.41) is 10.1. The Kier molecular flexibility index (Phi) is 2.13. The fraction of sp³-hybridized carbons (Fsp3) is 0. The van der Waals surface area contributed by atoms with E-state index in [9.17, 15) is 0 Å². The highest BCUT2D eigenvalue weighted by Crippen LogP contribution is 2.25. The summed E-state index contributed by atoms with van der Waals surface area (Å²) in [5.41, 5.74) is 1.98. The summed E-state index contributed by atoms with van der Waals surface area (Å²) in [6.45, 7) is 0. The van der Waals surface area contributed by atoms with E-state index in [-0.39, 0.29) is 0 Å². The Morgan fingerprint density at radius 3 is 2.76 bits per heavy atom. The van der Waals surface area contributed by atoms with Crippen molar-refractivity contribution in [2.45, 2.75) is 0 Å². The molecule has 0 aliphatic rings. The van der Waals surface area contributed by atoms with Crippen molar-refractivity contribution in [1.29, 1.82) is 5.26 Å². The van der Waals surface area contributed by atoms with Crippen molar-refractivity contribution in [2.75, 3.05) is 0 Å². The van der Waals surface area contributed by atoms with Gasteiger partial charge >= 0.3 is 0 Å². The molecule has 0 N–H and O–H groups in total. The van der Waals surface area contributed by atoms with Crippen LogP contribution in [0.3, 0.4) is 0 Å². The number of benzene rings is 1. The van der Waals surface area contributed by atoms with E-state index in [1.54, 1.807) is 18.4 Å². The van der Waals surface area contributed by atoms with Crippen molar-refractivity contribution in [1.82, 2.24) is 4.98 Å². The van der Waals surface area contributed by atoms with Crippen LogP contribution in [0.5, 0.6) is 0 Å². The van der Waals surface area contributed by atoms with Gasteiger partial charge in [0.1, 0.15) is 11.8 Å². The van der Waals surface area contributed by atoms with Gasteiger partial charge in [-0.25, -0.2) is 4.98 Å². The molecule has 0 saturated heterocycles. The highest BCUT2D eigenvalue weighted by atomic mass is 16.3. The molecule has 0 saturated carbocycles. The number of rotatable bonds is 1. The maximum Gasteiger partial charge on any atom is 0.153 e. The third-order valence-corrected chi connectivity index (χ3v) is 2.60. The van der Waals surface area contributed by atoms with E-state index < -0.39 is 0 Å². The number of aromatic nitrogens is 1. The normalized spacial score (nSPS) is 10.3. The van der Waals surface area contributed by atoms with E-state index in [1.165, 1.54) is 0 Å². The Labute approximate surface area is 97.9 Å². The molecule has 0 aliphatic carbocycles. The molecule has 80 valence electrons. The van der Waals surface area contributed by atoms with Crippen molar-refractivity contribution in [2.24, 2.45) is 0 Å². The van der Waals surface area contributed by atoms with Crippen LogP contribution >= 0.6 is 0 Å². The molecule has 3 rings (SSSR count). The lowest BCUT2D eigenvalue weighted by Crippen LogP contribution is -1.89. The lowest BCUT2D eigenvalue weighted by atomic mass is 10.1. The molecule has 0 atom stereocenters. The second-order valence-electron chi connectivity index (χ2n) is 3.67. The zero-order valence-electron chi connectivity index (χ0n) is 8.92. The summed E-state index contributed by atoms with van der Waals surface area (Å²) in [7, 11) is 0. The second-order valence-corrected chi connectivity index (χ2v) is 3.67. The van der Waals surface area contributed by atoms with Crippen molar-refractivity contribution in [3.05, 3.63) is 54.3 Å². The fourth-order valence-electron chi connectivity index (χ4n) is 1.80. The molecule has 0 amide bonds. The van der Waals surface area contributed by atoms with Gasteiger partial charge in [0.2, 0.25) is 0 Å². The van der Waals surface area contributed by atoms with Crippen LogP contribution < -0.4 is 0 Å². The summed E-state index contributed by atoms with van der Waals surface area (Å²) in [5.74, 6) is 0.618. The predicted octanol–water partition coefficient (Wildman–Crippen LogP) is 3.37. The van der Waals surface area contributed by atoms with E-state index in [4.69, 9.17) is 9.68 Å². The zero-order valence-corrected chi connectivity index (χ0v) is 8.92. The molecule has 0 bridgehead atoms. The van der Waals surface area contributed by atoms with Crippen molar-refractivity contribution in [3.63, 3.8) is 0 Å². The molecule has 3 nitrogen and oxygen atoms in total. The number of fused-ring (bicyclic) bond motifs is 1. The van der Waals surface area contributed by atoms with E-state index in [0.717, 1.165) is 10.9 Å². The number of para-hydroxylation sites is 1. The summed E-state index contributed by atoms with van der Waals surface area (Å²) >= 11 is 0. The quantitative estimate of drug-likeness (QED) is 0.631. The van der Waals surface area contributed by atoms with Gasteiger partial charge in [0, 0.05) is 5.39 Å². The highest BCUT2D eigenvalue weighted by Gasteiger charge is 2.10. The predicted molar refractivity (Wildman–Crippen MR) is 64.2 cm³/mol. The average Bonchev–Trinajstić information content (AvgIpc) is 2.91. The second kappa shape index (κ2) is 3.76. The van der Waals surface area contributed by atoms with Crippen LogP contribution in [0, 0.1) is 11.3 Å². The van der Waals surface area contributed by atoms with Crippen LogP contribution in [0.1, 0.15) is 5.56 Å². The summed E-state index contributed by atoms with van der Waals surface area (Å²) in [4.78, 5) is 4.47. The summed E-state index contributed by atoms with van der Waals surface area (Å²) in [6, 6.07) is 15.3. The van der Waals surface area contributed by atoms with Gasteiger partial charge in [-0.15, -0.1) is 0 Å². The van der Waals surface area contributed by atoms with Gasteiger partial charge in [-0.2, -0.15) is 5.26 Å². The van der Waals surface area contributed by atoms with Crippen molar-refractivity contribution >= 4 is 10.9 Å². The van der Waals surface area contributed by atoms with Crippen LogP contribution in [-0.4, -0.2) is 4.98 Å². The van der Waals surface area contributed by atoms with Crippen LogP contribution in [0.25, 0.3) is 22.4 Å². The molecular formula is C14H8N2O. The summed E-state index contributed by atoms with van der Waals surface area (Å²) < 4.78 is 5.30. The smallest absolute Gasteiger partial charge is 0.153 e. The molecule has 2 aromatic heterocycles. The van der Waals surface area contributed by atoms with E-state index in [2.05, 4.69) is 11.1 Å². The lowest BCUT2D eigenvalue weighted by molar-refractivity contribution is 0.580. The molecule has 2 heterocycles. The van der Waals surface area contributed by atoms with Crippen molar-refractivity contribution < 1.29 is 4.42 Å². The minimum Gasteiger partial charge on any atom is -0.463 e. The van der Waals surface area contributed by atoms with Crippen LogP contribution in [0.4, 0.5) is 0 Å². The van der Waals surface area contributed by atoms with Gasteiger partial charge in [0.15, 0.2) is 5.76 Å². The number of furan rings is 1. The molecule has 0 fully saturated rings. The maximum absolute atomic E-state index is 9.15. The Morgan fingerprint density at radius 2 is 2.00 bits per heavy atom. The third-order valence-electron chi connectivity index (χ3n) is 2.60. The van der Waals surface area contributed by atoms with Crippen LogP contribution in [-0.2, 0) is 0 Å². The van der Waals surface area contributed by atoms with Crippen LogP contribution in [0.15, 0.2) is 53.1 Å². The molecular weight excluding hydrogens is 212 g/mol. The van der Waals surface area contributed by atoms with Gasteiger partial charge in [-0.3, -0.25) is 0 Å². The molecule has 0 aliphatic heterocycles. The Balaban J connectivity index is 2.34. The molecule has 0 radical (unpaired) electrons. The van der Waals surface area contributed by atoms with Crippen molar-refractivity contribution in [3.8, 4) is 17.5 Å². The first-order chi connectivity index (χ1) is 8.38. The highest BCUT2D eigenvalue weighted by molar-refractivity contribution is 5.83. The average molecular weight is 220 g/mol.